The summed E-state index contributed by atoms with van der Waals surface area (Å²) in [6, 6.07) is 8.79. The maximum absolute atomic E-state index is 11.6. The molecule has 0 spiro atoms. The standard InChI is InChI=1S/C13H17N3O/c1-13(2,15)8-7-12(17)16-11-5-3-10(9-14)4-6-11/h3-6H,7-8,15H2,1-2H3,(H,16,17). The van der Waals surface area contributed by atoms with Gasteiger partial charge in [0.25, 0.3) is 0 Å². The van der Waals surface area contributed by atoms with Crippen molar-refractivity contribution in [3.05, 3.63) is 29.8 Å². The lowest BCUT2D eigenvalue weighted by Crippen LogP contribution is -2.33. The maximum Gasteiger partial charge on any atom is 0.224 e. The van der Waals surface area contributed by atoms with Gasteiger partial charge in [-0.25, -0.2) is 0 Å². The highest BCUT2D eigenvalue weighted by molar-refractivity contribution is 5.90. The van der Waals surface area contributed by atoms with Crippen LogP contribution in [0.15, 0.2) is 24.3 Å². The van der Waals surface area contributed by atoms with E-state index < -0.39 is 0 Å². The number of nitriles is 1. The van der Waals surface area contributed by atoms with Crippen molar-refractivity contribution in [2.75, 3.05) is 5.32 Å². The van der Waals surface area contributed by atoms with Gasteiger partial charge in [0.15, 0.2) is 0 Å². The molecule has 1 rings (SSSR count). The smallest absolute Gasteiger partial charge is 0.224 e. The number of amides is 1. The summed E-state index contributed by atoms with van der Waals surface area (Å²) in [7, 11) is 0. The summed E-state index contributed by atoms with van der Waals surface area (Å²) < 4.78 is 0. The zero-order valence-electron chi connectivity index (χ0n) is 10.2. The van der Waals surface area contributed by atoms with Crippen molar-refractivity contribution in [3.63, 3.8) is 0 Å². The Hall–Kier alpha value is -1.86. The number of anilines is 1. The molecule has 3 N–H and O–H groups in total. The molecule has 0 aliphatic heterocycles. The van der Waals surface area contributed by atoms with Gasteiger partial charge in [-0.05, 0) is 44.5 Å². The molecule has 4 nitrogen and oxygen atoms in total. The normalized spacial score (nSPS) is 10.7. The molecule has 0 aliphatic carbocycles. The van der Waals surface area contributed by atoms with E-state index in [0.29, 0.717) is 24.1 Å². The van der Waals surface area contributed by atoms with Crippen LogP contribution in [0, 0.1) is 11.3 Å². The minimum absolute atomic E-state index is 0.0618. The highest BCUT2D eigenvalue weighted by atomic mass is 16.1. The largest absolute Gasteiger partial charge is 0.326 e. The molecule has 0 aromatic heterocycles. The summed E-state index contributed by atoms with van der Waals surface area (Å²) >= 11 is 0. The molecule has 90 valence electrons. The molecule has 0 aliphatic rings. The van der Waals surface area contributed by atoms with Crippen LogP contribution >= 0.6 is 0 Å². The molecule has 0 saturated carbocycles. The van der Waals surface area contributed by atoms with Crippen LogP contribution in [0.5, 0.6) is 0 Å². The second-order valence-corrected chi connectivity index (χ2v) is 4.73. The molecule has 17 heavy (non-hydrogen) atoms. The highest BCUT2D eigenvalue weighted by Crippen LogP contribution is 2.11. The van der Waals surface area contributed by atoms with Crippen molar-refractivity contribution in [2.45, 2.75) is 32.2 Å². The van der Waals surface area contributed by atoms with Gasteiger partial charge in [-0.3, -0.25) is 4.79 Å². The molecule has 0 atom stereocenters. The fourth-order valence-corrected chi connectivity index (χ4v) is 1.29. The predicted octanol–water partition coefficient (Wildman–Crippen LogP) is 2.01. The fraction of sp³-hybridized carbons (Fsp3) is 0.385. The van der Waals surface area contributed by atoms with Gasteiger partial charge in [0.05, 0.1) is 11.6 Å². The molecule has 0 unspecified atom stereocenters. The number of nitrogens with two attached hydrogens (primary N) is 1. The Morgan fingerprint density at radius 2 is 2.00 bits per heavy atom. The minimum atomic E-state index is -0.331. The van der Waals surface area contributed by atoms with Gasteiger partial charge >= 0.3 is 0 Å². The summed E-state index contributed by atoms with van der Waals surface area (Å²) in [6.45, 7) is 3.78. The van der Waals surface area contributed by atoms with E-state index in [1.54, 1.807) is 24.3 Å². The van der Waals surface area contributed by atoms with Gasteiger partial charge in [0.1, 0.15) is 0 Å². The third-order valence-electron chi connectivity index (χ3n) is 2.29. The van der Waals surface area contributed by atoms with Gasteiger partial charge < -0.3 is 11.1 Å². The number of hydrogen-bond donors (Lipinski definition) is 2. The second-order valence-electron chi connectivity index (χ2n) is 4.73. The Kier molecular flexibility index (Phi) is 4.24. The molecule has 0 bridgehead atoms. The number of benzene rings is 1. The average Bonchev–Trinajstić information content (AvgIpc) is 2.27. The van der Waals surface area contributed by atoms with Crippen molar-refractivity contribution in [3.8, 4) is 6.07 Å². The average molecular weight is 231 g/mol. The van der Waals surface area contributed by atoms with Gasteiger partial charge in [-0.1, -0.05) is 0 Å². The molecular formula is C13H17N3O. The van der Waals surface area contributed by atoms with Gasteiger partial charge in [-0.2, -0.15) is 5.26 Å². The van der Waals surface area contributed by atoms with Crippen molar-refractivity contribution in [1.82, 2.24) is 0 Å². The molecule has 0 heterocycles. The Labute approximate surface area is 101 Å². The lowest BCUT2D eigenvalue weighted by Gasteiger charge is -2.17. The van der Waals surface area contributed by atoms with Crippen LogP contribution in [0.3, 0.4) is 0 Å². The van der Waals surface area contributed by atoms with E-state index in [4.69, 9.17) is 11.0 Å². The van der Waals surface area contributed by atoms with Crippen molar-refractivity contribution < 1.29 is 4.79 Å². The number of carbonyl (C=O) groups is 1. The molecule has 0 radical (unpaired) electrons. The van der Waals surface area contributed by atoms with Crippen molar-refractivity contribution in [1.29, 1.82) is 5.26 Å². The van der Waals surface area contributed by atoms with Crippen LogP contribution in [0.1, 0.15) is 32.3 Å². The number of carbonyl (C=O) groups excluding carboxylic acids is 1. The van der Waals surface area contributed by atoms with E-state index in [1.807, 2.05) is 19.9 Å². The molecule has 0 saturated heterocycles. The van der Waals surface area contributed by atoms with Crippen LogP contribution in [-0.4, -0.2) is 11.4 Å². The van der Waals surface area contributed by atoms with E-state index >= 15 is 0 Å². The van der Waals surface area contributed by atoms with Crippen LogP contribution in [0.25, 0.3) is 0 Å². The third kappa shape index (κ3) is 5.14. The van der Waals surface area contributed by atoms with E-state index in [2.05, 4.69) is 5.32 Å². The molecule has 1 amide bonds. The summed E-state index contributed by atoms with van der Waals surface area (Å²) in [4.78, 5) is 11.6. The highest BCUT2D eigenvalue weighted by Gasteiger charge is 2.13. The molecule has 4 heteroatoms. The van der Waals surface area contributed by atoms with Crippen molar-refractivity contribution >= 4 is 11.6 Å². The Bertz CT molecular complexity index is 423. The first kappa shape index (κ1) is 13.2. The Morgan fingerprint density at radius 3 is 2.47 bits per heavy atom. The Morgan fingerprint density at radius 1 is 1.41 bits per heavy atom. The lowest BCUT2D eigenvalue weighted by molar-refractivity contribution is -0.116. The number of hydrogen-bond acceptors (Lipinski definition) is 3. The first-order valence-electron chi connectivity index (χ1n) is 5.49. The van der Waals surface area contributed by atoms with Crippen LogP contribution < -0.4 is 11.1 Å². The maximum atomic E-state index is 11.6. The van der Waals surface area contributed by atoms with E-state index in [1.165, 1.54) is 0 Å². The predicted molar refractivity (Wildman–Crippen MR) is 67.3 cm³/mol. The summed E-state index contributed by atoms with van der Waals surface area (Å²) in [5, 5.41) is 11.4. The van der Waals surface area contributed by atoms with Gasteiger partial charge in [0, 0.05) is 17.6 Å². The zero-order valence-corrected chi connectivity index (χ0v) is 10.2. The van der Waals surface area contributed by atoms with Crippen LogP contribution in [0.4, 0.5) is 5.69 Å². The topological polar surface area (TPSA) is 78.9 Å². The molecule has 1 aromatic rings. The second kappa shape index (κ2) is 5.46. The fourth-order valence-electron chi connectivity index (χ4n) is 1.29. The summed E-state index contributed by atoms with van der Waals surface area (Å²) in [5.41, 5.74) is 6.74. The zero-order chi connectivity index (χ0) is 12.9. The minimum Gasteiger partial charge on any atom is -0.326 e. The SMILES string of the molecule is CC(C)(N)CCC(=O)Nc1ccc(C#N)cc1. The summed E-state index contributed by atoms with van der Waals surface area (Å²) in [6.07, 6.45) is 1.03. The van der Waals surface area contributed by atoms with Gasteiger partial charge in [-0.15, -0.1) is 0 Å². The molecule has 1 aromatic carbocycles. The van der Waals surface area contributed by atoms with Crippen molar-refractivity contribution in [2.24, 2.45) is 5.73 Å². The van der Waals surface area contributed by atoms with E-state index in [0.717, 1.165) is 0 Å². The Balaban J connectivity index is 2.48. The van der Waals surface area contributed by atoms with Crippen LogP contribution in [-0.2, 0) is 4.79 Å². The van der Waals surface area contributed by atoms with E-state index in [-0.39, 0.29) is 11.4 Å². The summed E-state index contributed by atoms with van der Waals surface area (Å²) in [5.74, 6) is -0.0618. The van der Waals surface area contributed by atoms with E-state index in [9.17, 15) is 4.79 Å². The molecular weight excluding hydrogens is 214 g/mol. The first-order chi connectivity index (χ1) is 7.90. The number of rotatable bonds is 4. The van der Waals surface area contributed by atoms with Gasteiger partial charge in [0.2, 0.25) is 5.91 Å². The third-order valence-corrected chi connectivity index (χ3v) is 2.29. The number of nitrogens with zero attached hydrogens (tertiary/aromatic N) is 1. The first-order valence-corrected chi connectivity index (χ1v) is 5.49. The van der Waals surface area contributed by atoms with Crippen LogP contribution in [0.2, 0.25) is 0 Å². The lowest BCUT2D eigenvalue weighted by atomic mass is 10.00. The number of nitrogens with one attached hydrogen (secondary N) is 1. The quantitative estimate of drug-likeness (QED) is 0.832. The monoisotopic (exact) mass is 231 g/mol. The molecule has 0 fully saturated rings.